The Bertz CT molecular complexity index is 433. The van der Waals surface area contributed by atoms with E-state index in [1.165, 1.54) is 5.56 Å². The number of likely N-dealkylation sites (tertiary alicyclic amines) is 1. The van der Waals surface area contributed by atoms with Gasteiger partial charge < -0.3 is 11.1 Å². The molecule has 0 bridgehead atoms. The molecule has 116 valence electrons. The number of rotatable bonds is 6. The summed E-state index contributed by atoms with van der Waals surface area (Å²) in [4.78, 5) is 14.6. The van der Waals surface area contributed by atoms with Crippen LogP contribution in [0.4, 0.5) is 0 Å². The van der Waals surface area contributed by atoms with Crippen LogP contribution in [0.3, 0.4) is 0 Å². The van der Waals surface area contributed by atoms with E-state index in [4.69, 9.17) is 5.73 Å². The highest BCUT2D eigenvalue weighted by atomic mass is 16.1. The minimum Gasteiger partial charge on any atom is -0.356 e. The fraction of sp³-hybridized carbons (Fsp3) is 0.588. The maximum absolute atomic E-state index is 12.2. The predicted octanol–water partition coefficient (Wildman–Crippen LogP) is 1.75. The van der Waals surface area contributed by atoms with E-state index in [-0.39, 0.29) is 17.9 Å². The van der Waals surface area contributed by atoms with Gasteiger partial charge in [-0.2, -0.15) is 0 Å². The van der Waals surface area contributed by atoms with E-state index in [0.29, 0.717) is 6.54 Å². The Morgan fingerprint density at radius 1 is 1.43 bits per heavy atom. The fourth-order valence-corrected chi connectivity index (χ4v) is 2.82. The first-order valence-corrected chi connectivity index (χ1v) is 7.94. The number of hydrogen-bond donors (Lipinski definition) is 2. The van der Waals surface area contributed by atoms with Gasteiger partial charge in [0.1, 0.15) is 0 Å². The second kappa shape index (κ2) is 8.15. The number of piperidine rings is 1. The van der Waals surface area contributed by atoms with Crippen LogP contribution in [0.25, 0.3) is 0 Å². The second-order valence-electron chi connectivity index (χ2n) is 6.12. The van der Waals surface area contributed by atoms with Crippen LogP contribution in [0, 0.1) is 5.92 Å². The summed E-state index contributed by atoms with van der Waals surface area (Å²) >= 11 is 0. The van der Waals surface area contributed by atoms with Gasteiger partial charge >= 0.3 is 0 Å². The number of carbonyl (C=O) groups excluding carboxylic acids is 1. The molecule has 3 N–H and O–H groups in total. The molecule has 2 rings (SSSR count). The monoisotopic (exact) mass is 289 g/mol. The number of hydrogen-bond acceptors (Lipinski definition) is 3. The standard InChI is InChI=1S/C17H27N3O/c1-14(18)9-10-19-17(21)16-8-5-11-20(13-16)12-15-6-3-2-4-7-15/h2-4,6-7,14,16H,5,8-13,18H2,1H3,(H,19,21). The molecule has 1 heterocycles. The Kier molecular flexibility index (Phi) is 6.21. The summed E-state index contributed by atoms with van der Waals surface area (Å²) in [7, 11) is 0. The minimum absolute atomic E-state index is 0.121. The molecule has 1 amide bonds. The zero-order chi connectivity index (χ0) is 15.1. The molecule has 1 fully saturated rings. The SMILES string of the molecule is CC(N)CCNC(=O)C1CCCN(Cc2ccccc2)C1. The maximum Gasteiger partial charge on any atom is 0.224 e. The lowest BCUT2D eigenvalue weighted by molar-refractivity contribution is -0.126. The average Bonchev–Trinajstić information content (AvgIpc) is 2.48. The van der Waals surface area contributed by atoms with Crippen LogP contribution in [0.2, 0.25) is 0 Å². The quantitative estimate of drug-likeness (QED) is 0.839. The molecule has 1 aromatic rings. The molecule has 1 aliphatic heterocycles. The molecule has 1 aliphatic rings. The number of benzene rings is 1. The van der Waals surface area contributed by atoms with E-state index >= 15 is 0 Å². The van der Waals surface area contributed by atoms with Crippen LogP contribution < -0.4 is 11.1 Å². The van der Waals surface area contributed by atoms with Crippen LogP contribution in [-0.4, -0.2) is 36.5 Å². The molecule has 1 aromatic carbocycles. The summed E-state index contributed by atoms with van der Waals surface area (Å²) in [6.07, 6.45) is 2.93. The Balaban J connectivity index is 1.79. The van der Waals surface area contributed by atoms with Crippen LogP contribution in [-0.2, 0) is 11.3 Å². The van der Waals surface area contributed by atoms with Gasteiger partial charge in [0.25, 0.3) is 0 Å². The van der Waals surface area contributed by atoms with Crippen LogP contribution in [0.5, 0.6) is 0 Å². The van der Waals surface area contributed by atoms with Crippen molar-refractivity contribution in [2.24, 2.45) is 11.7 Å². The van der Waals surface area contributed by atoms with E-state index in [1.54, 1.807) is 0 Å². The van der Waals surface area contributed by atoms with Gasteiger partial charge in [-0.15, -0.1) is 0 Å². The lowest BCUT2D eigenvalue weighted by atomic mass is 9.96. The van der Waals surface area contributed by atoms with Gasteiger partial charge in [0, 0.05) is 25.7 Å². The second-order valence-corrected chi connectivity index (χ2v) is 6.12. The molecule has 2 atom stereocenters. The summed E-state index contributed by atoms with van der Waals surface area (Å²) in [5, 5.41) is 3.02. The highest BCUT2D eigenvalue weighted by molar-refractivity contribution is 5.78. The van der Waals surface area contributed by atoms with Gasteiger partial charge in [0.05, 0.1) is 5.92 Å². The zero-order valence-electron chi connectivity index (χ0n) is 12.9. The molecule has 21 heavy (non-hydrogen) atoms. The van der Waals surface area contributed by atoms with E-state index in [9.17, 15) is 4.79 Å². The molecule has 0 radical (unpaired) electrons. The molecular formula is C17H27N3O. The van der Waals surface area contributed by atoms with Crippen molar-refractivity contribution in [3.63, 3.8) is 0 Å². The Hall–Kier alpha value is -1.39. The summed E-state index contributed by atoms with van der Waals surface area (Å²) in [6, 6.07) is 10.6. The van der Waals surface area contributed by atoms with E-state index < -0.39 is 0 Å². The molecule has 2 unspecified atom stereocenters. The van der Waals surface area contributed by atoms with Gasteiger partial charge in [-0.25, -0.2) is 0 Å². The maximum atomic E-state index is 12.2. The number of amides is 1. The third-order valence-electron chi connectivity index (χ3n) is 4.02. The number of nitrogens with one attached hydrogen (secondary N) is 1. The summed E-state index contributed by atoms with van der Waals surface area (Å²) in [5.41, 5.74) is 7.02. The highest BCUT2D eigenvalue weighted by Gasteiger charge is 2.25. The fourth-order valence-electron chi connectivity index (χ4n) is 2.82. The number of nitrogens with two attached hydrogens (primary N) is 1. The Morgan fingerprint density at radius 3 is 2.90 bits per heavy atom. The van der Waals surface area contributed by atoms with Gasteiger partial charge in [-0.3, -0.25) is 9.69 Å². The lowest BCUT2D eigenvalue weighted by Crippen LogP contribution is -2.43. The normalized spacial score (nSPS) is 21.0. The van der Waals surface area contributed by atoms with Crippen molar-refractivity contribution in [1.82, 2.24) is 10.2 Å². The topological polar surface area (TPSA) is 58.4 Å². The number of carbonyl (C=O) groups is 1. The van der Waals surface area contributed by atoms with Crippen molar-refractivity contribution in [3.8, 4) is 0 Å². The van der Waals surface area contributed by atoms with Crippen molar-refractivity contribution in [1.29, 1.82) is 0 Å². The van der Waals surface area contributed by atoms with Crippen LogP contribution in [0.15, 0.2) is 30.3 Å². The van der Waals surface area contributed by atoms with Crippen molar-refractivity contribution < 1.29 is 4.79 Å². The van der Waals surface area contributed by atoms with Crippen molar-refractivity contribution >= 4 is 5.91 Å². The van der Waals surface area contributed by atoms with Crippen LogP contribution in [0.1, 0.15) is 31.7 Å². The minimum atomic E-state index is 0.121. The summed E-state index contributed by atoms with van der Waals surface area (Å²) in [6.45, 7) is 5.53. The van der Waals surface area contributed by atoms with Crippen LogP contribution >= 0.6 is 0 Å². The average molecular weight is 289 g/mol. The summed E-state index contributed by atoms with van der Waals surface area (Å²) in [5.74, 6) is 0.309. The van der Waals surface area contributed by atoms with E-state index in [0.717, 1.165) is 38.9 Å². The Labute approximate surface area is 127 Å². The predicted molar refractivity (Wildman–Crippen MR) is 85.7 cm³/mol. The lowest BCUT2D eigenvalue weighted by Gasteiger charge is -2.32. The third-order valence-corrected chi connectivity index (χ3v) is 4.02. The van der Waals surface area contributed by atoms with Crippen molar-refractivity contribution in [2.45, 2.75) is 38.8 Å². The van der Waals surface area contributed by atoms with E-state index in [2.05, 4.69) is 34.5 Å². The zero-order valence-corrected chi connectivity index (χ0v) is 12.9. The molecule has 4 nitrogen and oxygen atoms in total. The molecule has 0 spiro atoms. The Morgan fingerprint density at radius 2 is 2.19 bits per heavy atom. The first-order chi connectivity index (χ1) is 10.1. The number of nitrogens with zero attached hydrogens (tertiary/aromatic N) is 1. The van der Waals surface area contributed by atoms with E-state index in [1.807, 2.05) is 13.0 Å². The molecule has 4 heteroatoms. The first-order valence-electron chi connectivity index (χ1n) is 7.94. The largest absolute Gasteiger partial charge is 0.356 e. The molecular weight excluding hydrogens is 262 g/mol. The first kappa shape index (κ1) is 16.0. The third kappa shape index (κ3) is 5.48. The van der Waals surface area contributed by atoms with Crippen molar-refractivity contribution in [2.75, 3.05) is 19.6 Å². The van der Waals surface area contributed by atoms with Gasteiger partial charge in [0.15, 0.2) is 0 Å². The molecule has 1 saturated heterocycles. The highest BCUT2D eigenvalue weighted by Crippen LogP contribution is 2.18. The van der Waals surface area contributed by atoms with Gasteiger partial charge in [-0.05, 0) is 38.3 Å². The molecule has 0 aliphatic carbocycles. The molecule has 0 saturated carbocycles. The van der Waals surface area contributed by atoms with Gasteiger partial charge in [-0.1, -0.05) is 30.3 Å². The molecule has 0 aromatic heterocycles. The van der Waals surface area contributed by atoms with Crippen molar-refractivity contribution in [3.05, 3.63) is 35.9 Å². The summed E-state index contributed by atoms with van der Waals surface area (Å²) < 4.78 is 0. The van der Waals surface area contributed by atoms with Gasteiger partial charge in [0.2, 0.25) is 5.91 Å². The smallest absolute Gasteiger partial charge is 0.224 e.